The lowest BCUT2D eigenvalue weighted by Crippen LogP contribution is -2.17. The SMILES string of the molecule is CC(C)COCCCNCc1ccccc1Cl. The van der Waals surface area contributed by atoms with Crippen LogP contribution < -0.4 is 5.32 Å². The molecule has 0 aliphatic carbocycles. The monoisotopic (exact) mass is 255 g/mol. The van der Waals surface area contributed by atoms with Gasteiger partial charge < -0.3 is 10.1 Å². The van der Waals surface area contributed by atoms with E-state index in [4.69, 9.17) is 16.3 Å². The van der Waals surface area contributed by atoms with Crippen molar-refractivity contribution in [3.05, 3.63) is 34.9 Å². The molecule has 0 atom stereocenters. The molecule has 1 aromatic rings. The molecule has 96 valence electrons. The largest absolute Gasteiger partial charge is 0.381 e. The predicted octanol–water partition coefficient (Wildman–Crippen LogP) is 3.49. The van der Waals surface area contributed by atoms with Gasteiger partial charge in [0.25, 0.3) is 0 Å². The third-order valence-corrected chi connectivity index (χ3v) is 2.74. The van der Waals surface area contributed by atoms with E-state index in [-0.39, 0.29) is 0 Å². The summed E-state index contributed by atoms with van der Waals surface area (Å²) in [6.45, 7) is 7.79. The summed E-state index contributed by atoms with van der Waals surface area (Å²) in [7, 11) is 0. The normalized spacial score (nSPS) is 11.1. The van der Waals surface area contributed by atoms with Crippen LogP contribution in [0.5, 0.6) is 0 Å². The first-order chi connectivity index (χ1) is 8.20. The van der Waals surface area contributed by atoms with Crippen LogP contribution in [0.25, 0.3) is 0 Å². The Morgan fingerprint density at radius 3 is 2.76 bits per heavy atom. The highest BCUT2D eigenvalue weighted by Crippen LogP contribution is 2.14. The fraction of sp³-hybridized carbons (Fsp3) is 0.571. The maximum Gasteiger partial charge on any atom is 0.0489 e. The van der Waals surface area contributed by atoms with Gasteiger partial charge in [0.1, 0.15) is 0 Å². The molecule has 17 heavy (non-hydrogen) atoms. The zero-order valence-electron chi connectivity index (χ0n) is 10.7. The number of ether oxygens (including phenoxy) is 1. The van der Waals surface area contributed by atoms with Crippen molar-refractivity contribution in [3.8, 4) is 0 Å². The lowest BCUT2D eigenvalue weighted by atomic mass is 10.2. The molecule has 1 rings (SSSR count). The molecule has 0 saturated heterocycles. The summed E-state index contributed by atoms with van der Waals surface area (Å²) in [5, 5.41) is 4.20. The summed E-state index contributed by atoms with van der Waals surface area (Å²) < 4.78 is 5.51. The van der Waals surface area contributed by atoms with Gasteiger partial charge in [0.15, 0.2) is 0 Å². The van der Waals surface area contributed by atoms with E-state index in [0.717, 1.165) is 43.3 Å². The molecule has 0 bridgehead atoms. The van der Waals surface area contributed by atoms with Crippen molar-refractivity contribution in [2.45, 2.75) is 26.8 Å². The van der Waals surface area contributed by atoms with E-state index in [1.165, 1.54) is 0 Å². The van der Waals surface area contributed by atoms with Crippen molar-refractivity contribution in [2.24, 2.45) is 5.92 Å². The predicted molar refractivity (Wildman–Crippen MR) is 73.4 cm³/mol. The summed E-state index contributed by atoms with van der Waals surface area (Å²) in [5.41, 5.74) is 1.15. The van der Waals surface area contributed by atoms with Gasteiger partial charge in [-0.25, -0.2) is 0 Å². The molecule has 0 fully saturated rings. The van der Waals surface area contributed by atoms with Gasteiger partial charge in [0.05, 0.1) is 0 Å². The second kappa shape index (κ2) is 8.51. The minimum atomic E-state index is 0.617. The minimum Gasteiger partial charge on any atom is -0.381 e. The summed E-state index contributed by atoms with van der Waals surface area (Å²) in [6, 6.07) is 7.93. The van der Waals surface area contributed by atoms with Gasteiger partial charge >= 0.3 is 0 Å². The van der Waals surface area contributed by atoms with E-state index in [1.807, 2.05) is 24.3 Å². The van der Waals surface area contributed by atoms with Gasteiger partial charge in [-0.15, -0.1) is 0 Å². The molecular weight excluding hydrogens is 234 g/mol. The van der Waals surface area contributed by atoms with E-state index in [9.17, 15) is 0 Å². The van der Waals surface area contributed by atoms with Crippen LogP contribution >= 0.6 is 11.6 Å². The molecule has 1 N–H and O–H groups in total. The Labute approximate surface area is 109 Å². The second-order valence-corrected chi connectivity index (χ2v) is 5.00. The van der Waals surface area contributed by atoms with E-state index in [1.54, 1.807) is 0 Å². The number of nitrogens with one attached hydrogen (secondary N) is 1. The van der Waals surface area contributed by atoms with E-state index in [2.05, 4.69) is 19.2 Å². The van der Waals surface area contributed by atoms with Crippen LogP contribution in [0, 0.1) is 5.92 Å². The average Bonchev–Trinajstić information content (AvgIpc) is 2.30. The number of halogens is 1. The lowest BCUT2D eigenvalue weighted by molar-refractivity contribution is 0.108. The maximum atomic E-state index is 6.06. The fourth-order valence-corrected chi connectivity index (χ4v) is 1.69. The van der Waals surface area contributed by atoms with E-state index in [0.29, 0.717) is 5.92 Å². The molecule has 0 heterocycles. The van der Waals surface area contributed by atoms with Crippen molar-refractivity contribution >= 4 is 11.6 Å². The van der Waals surface area contributed by atoms with Crippen LogP contribution in [-0.2, 0) is 11.3 Å². The van der Waals surface area contributed by atoms with Gasteiger partial charge in [-0.3, -0.25) is 0 Å². The van der Waals surface area contributed by atoms with Gasteiger partial charge in [-0.1, -0.05) is 43.6 Å². The van der Waals surface area contributed by atoms with Crippen LogP contribution in [0.1, 0.15) is 25.8 Å². The van der Waals surface area contributed by atoms with Crippen LogP contribution in [-0.4, -0.2) is 19.8 Å². The van der Waals surface area contributed by atoms with Gasteiger partial charge in [-0.05, 0) is 30.5 Å². The summed E-state index contributed by atoms with van der Waals surface area (Å²) in [5.74, 6) is 0.617. The van der Waals surface area contributed by atoms with Crippen LogP contribution in [0.2, 0.25) is 5.02 Å². The highest BCUT2D eigenvalue weighted by atomic mass is 35.5. The molecule has 0 aliphatic rings. The zero-order chi connectivity index (χ0) is 12.5. The Bertz CT molecular complexity index is 315. The Morgan fingerprint density at radius 2 is 2.06 bits per heavy atom. The molecule has 2 nitrogen and oxygen atoms in total. The third kappa shape index (κ3) is 6.67. The molecule has 3 heteroatoms. The summed E-state index contributed by atoms with van der Waals surface area (Å²) in [4.78, 5) is 0. The fourth-order valence-electron chi connectivity index (χ4n) is 1.48. The molecule has 0 amide bonds. The van der Waals surface area contributed by atoms with Gasteiger partial charge in [-0.2, -0.15) is 0 Å². The zero-order valence-corrected chi connectivity index (χ0v) is 11.5. The lowest BCUT2D eigenvalue weighted by Gasteiger charge is -2.08. The minimum absolute atomic E-state index is 0.617. The van der Waals surface area contributed by atoms with Crippen molar-refractivity contribution in [1.29, 1.82) is 0 Å². The highest BCUT2D eigenvalue weighted by Gasteiger charge is 1.98. The Kier molecular flexibility index (Phi) is 7.25. The summed E-state index contributed by atoms with van der Waals surface area (Å²) >= 11 is 6.06. The average molecular weight is 256 g/mol. The quantitative estimate of drug-likeness (QED) is 0.718. The van der Waals surface area contributed by atoms with E-state index < -0.39 is 0 Å². The first-order valence-electron chi connectivity index (χ1n) is 6.22. The van der Waals surface area contributed by atoms with Crippen molar-refractivity contribution in [2.75, 3.05) is 19.8 Å². The van der Waals surface area contributed by atoms with Crippen molar-refractivity contribution < 1.29 is 4.74 Å². The molecule has 0 spiro atoms. The Morgan fingerprint density at radius 1 is 1.29 bits per heavy atom. The first kappa shape index (κ1) is 14.5. The molecule has 1 aromatic carbocycles. The standard InChI is InChI=1S/C14H22ClNO/c1-12(2)11-17-9-5-8-16-10-13-6-3-4-7-14(13)15/h3-4,6-7,12,16H,5,8-11H2,1-2H3. The number of benzene rings is 1. The number of rotatable bonds is 8. The van der Waals surface area contributed by atoms with Gasteiger partial charge in [0.2, 0.25) is 0 Å². The van der Waals surface area contributed by atoms with E-state index >= 15 is 0 Å². The summed E-state index contributed by atoms with van der Waals surface area (Å²) in [6.07, 6.45) is 1.04. The number of hydrogen-bond donors (Lipinski definition) is 1. The Balaban J connectivity index is 2.03. The van der Waals surface area contributed by atoms with Crippen molar-refractivity contribution in [3.63, 3.8) is 0 Å². The van der Waals surface area contributed by atoms with Crippen LogP contribution in [0.15, 0.2) is 24.3 Å². The smallest absolute Gasteiger partial charge is 0.0489 e. The second-order valence-electron chi connectivity index (χ2n) is 4.59. The van der Waals surface area contributed by atoms with Gasteiger partial charge in [0, 0.05) is 24.8 Å². The highest BCUT2D eigenvalue weighted by molar-refractivity contribution is 6.31. The number of hydrogen-bond acceptors (Lipinski definition) is 2. The Hall–Kier alpha value is -0.570. The molecule has 0 aromatic heterocycles. The third-order valence-electron chi connectivity index (χ3n) is 2.37. The molecule has 0 radical (unpaired) electrons. The topological polar surface area (TPSA) is 21.3 Å². The molecule has 0 unspecified atom stereocenters. The first-order valence-corrected chi connectivity index (χ1v) is 6.60. The van der Waals surface area contributed by atoms with Crippen LogP contribution in [0.3, 0.4) is 0 Å². The molecular formula is C14H22ClNO. The maximum absolute atomic E-state index is 6.06. The molecule has 0 aliphatic heterocycles. The molecule has 0 saturated carbocycles. The van der Waals surface area contributed by atoms with Crippen LogP contribution in [0.4, 0.5) is 0 Å². The van der Waals surface area contributed by atoms with Crippen molar-refractivity contribution in [1.82, 2.24) is 5.32 Å².